The third kappa shape index (κ3) is 2.58. The number of rotatable bonds is 2. The number of hydrogen-bond donors (Lipinski definition) is 1. The van der Waals surface area contributed by atoms with Crippen molar-refractivity contribution in [2.24, 2.45) is 5.40 Å². The molecule has 1 unspecified atom stereocenters. The molecule has 0 aromatic carbocycles. The van der Waals surface area contributed by atoms with Crippen molar-refractivity contribution in [2.45, 2.75) is 13.0 Å². The van der Waals surface area contributed by atoms with E-state index in [1.807, 2.05) is 0 Å². The van der Waals surface area contributed by atoms with Gasteiger partial charge in [0.1, 0.15) is 10.5 Å². The predicted molar refractivity (Wildman–Crippen MR) is 32.8 cm³/mol. The summed E-state index contributed by atoms with van der Waals surface area (Å²) in [6.45, 7) is 2.06. The Balaban J connectivity index is 2.75. The molecular weight excluding hydrogens is 110 g/mol. The molecule has 4 heteroatoms. The number of nitrogens with two attached hydrogens (primary N) is 1. The lowest BCUT2D eigenvalue weighted by atomic mass is 11.0. The minimum Gasteiger partial charge on any atom is -0.455 e. The van der Waals surface area contributed by atoms with Crippen molar-refractivity contribution in [1.29, 1.82) is 0 Å². The van der Waals surface area contributed by atoms with E-state index < -0.39 is 9.20 Å². The van der Waals surface area contributed by atoms with Crippen LogP contribution < -0.4 is 5.40 Å². The highest BCUT2D eigenvalue weighted by Crippen LogP contribution is 1.77. The van der Waals surface area contributed by atoms with Crippen molar-refractivity contribution in [3.05, 3.63) is 0 Å². The average molecular weight is 121 g/mol. The lowest BCUT2D eigenvalue weighted by Crippen LogP contribution is -2.27. The van der Waals surface area contributed by atoms with Gasteiger partial charge in [0.25, 0.3) is 0 Å². The molecule has 0 fully saturated rings. The van der Waals surface area contributed by atoms with Crippen LogP contribution in [0.15, 0.2) is 0 Å². The summed E-state index contributed by atoms with van der Waals surface area (Å²) >= 11 is 0. The SMILES string of the molecule is CC[SiH](N)O[SiH3]. The van der Waals surface area contributed by atoms with E-state index in [4.69, 9.17) is 9.51 Å². The van der Waals surface area contributed by atoms with Gasteiger partial charge in [0.05, 0.1) is 0 Å². The van der Waals surface area contributed by atoms with Crippen molar-refractivity contribution in [1.82, 2.24) is 0 Å². The Morgan fingerprint density at radius 3 is 2.50 bits per heavy atom. The molecule has 2 nitrogen and oxygen atoms in total. The molecule has 38 valence electrons. The van der Waals surface area contributed by atoms with Gasteiger partial charge >= 0.3 is 0 Å². The van der Waals surface area contributed by atoms with Crippen LogP contribution in [0.1, 0.15) is 6.92 Å². The van der Waals surface area contributed by atoms with E-state index in [1.54, 1.807) is 0 Å². The van der Waals surface area contributed by atoms with Crippen LogP contribution in [0.4, 0.5) is 0 Å². The largest absolute Gasteiger partial charge is 0.455 e. The van der Waals surface area contributed by atoms with Crippen molar-refractivity contribution in [3.63, 3.8) is 0 Å². The van der Waals surface area contributed by atoms with E-state index in [9.17, 15) is 0 Å². The van der Waals surface area contributed by atoms with Crippen molar-refractivity contribution >= 4 is 19.7 Å². The van der Waals surface area contributed by atoms with Crippen LogP contribution in [0.25, 0.3) is 0 Å². The summed E-state index contributed by atoms with van der Waals surface area (Å²) in [5, 5.41) is 5.42. The van der Waals surface area contributed by atoms with E-state index in [-0.39, 0.29) is 0 Å². The van der Waals surface area contributed by atoms with E-state index in [1.165, 1.54) is 0 Å². The Hall–Kier alpha value is 0.354. The monoisotopic (exact) mass is 121 g/mol. The normalized spacial score (nSPS) is 15.0. The molecule has 1 atom stereocenters. The van der Waals surface area contributed by atoms with Gasteiger partial charge < -0.3 is 9.51 Å². The van der Waals surface area contributed by atoms with E-state index in [0.717, 1.165) is 16.5 Å². The molecule has 0 rings (SSSR count). The molecule has 0 bridgehead atoms. The van der Waals surface area contributed by atoms with Crippen LogP contribution in [-0.2, 0) is 4.12 Å². The molecule has 0 aromatic heterocycles. The summed E-state index contributed by atoms with van der Waals surface area (Å²) in [5.74, 6) is 0. The second-order valence-electron chi connectivity index (χ2n) is 1.18. The molecule has 0 saturated heterocycles. The lowest BCUT2D eigenvalue weighted by molar-refractivity contribution is 0.631. The molecule has 0 heterocycles. The first-order chi connectivity index (χ1) is 2.81. The van der Waals surface area contributed by atoms with Gasteiger partial charge in [0.2, 0.25) is 9.20 Å². The standard InChI is InChI=1S/C2H11NOSi2/c1-2-6(3)4-5/h6H,2-3H2,1,5H3. The summed E-state index contributed by atoms with van der Waals surface area (Å²) in [7, 11) is -0.280. The van der Waals surface area contributed by atoms with Gasteiger partial charge in [0, 0.05) is 0 Å². The van der Waals surface area contributed by atoms with E-state index >= 15 is 0 Å². The van der Waals surface area contributed by atoms with Crippen molar-refractivity contribution in [2.75, 3.05) is 0 Å². The molecule has 0 amide bonds. The fourth-order valence-corrected chi connectivity index (χ4v) is 1.50. The Labute approximate surface area is 43.0 Å². The van der Waals surface area contributed by atoms with E-state index in [0.29, 0.717) is 0 Å². The maximum Gasteiger partial charge on any atom is 0.237 e. The summed E-state index contributed by atoms with van der Waals surface area (Å²) < 4.78 is 4.95. The van der Waals surface area contributed by atoms with Crippen LogP contribution in [0, 0.1) is 0 Å². The number of hydrogen-bond acceptors (Lipinski definition) is 2. The topological polar surface area (TPSA) is 35.2 Å². The zero-order valence-corrected chi connectivity index (χ0v) is 7.42. The van der Waals surface area contributed by atoms with Gasteiger partial charge in [-0.3, -0.25) is 0 Å². The summed E-state index contributed by atoms with van der Waals surface area (Å²) in [6.07, 6.45) is 0. The van der Waals surface area contributed by atoms with Crippen molar-refractivity contribution in [3.8, 4) is 0 Å². The Kier molecular flexibility index (Phi) is 3.75. The molecule has 0 aliphatic carbocycles. The lowest BCUT2D eigenvalue weighted by Gasteiger charge is -1.99. The zero-order chi connectivity index (χ0) is 4.99. The van der Waals surface area contributed by atoms with Gasteiger partial charge in [-0.15, -0.1) is 0 Å². The van der Waals surface area contributed by atoms with Gasteiger partial charge in [-0.2, -0.15) is 0 Å². The minimum absolute atomic E-state index is 0.819. The first-order valence-electron chi connectivity index (χ1n) is 2.09. The third-order valence-corrected chi connectivity index (χ3v) is 3.93. The molecule has 6 heavy (non-hydrogen) atoms. The van der Waals surface area contributed by atoms with Crippen LogP contribution >= 0.6 is 0 Å². The maximum absolute atomic E-state index is 5.42. The van der Waals surface area contributed by atoms with Gasteiger partial charge in [-0.05, 0) is 6.04 Å². The third-order valence-electron chi connectivity index (χ3n) is 0.705. The first-order valence-corrected chi connectivity index (χ1v) is 4.86. The Bertz CT molecular complexity index is 30.7. The Morgan fingerprint density at radius 2 is 2.50 bits per heavy atom. The van der Waals surface area contributed by atoms with Crippen LogP contribution in [0.5, 0.6) is 0 Å². The van der Waals surface area contributed by atoms with Crippen LogP contribution in [0.3, 0.4) is 0 Å². The van der Waals surface area contributed by atoms with E-state index in [2.05, 4.69) is 6.92 Å². The van der Waals surface area contributed by atoms with Gasteiger partial charge in [0.15, 0.2) is 0 Å². The smallest absolute Gasteiger partial charge is 0.237 e. The molecule has 0 aromatic rings. The molecular formula is C2H11NOSi2. The highest BCUT2D eigenvalue weighted by atomic mass is 28.3. The molecule has 0 aliphatic rings. The van der Waals surface area contributed by atoms with Gasteiger partial charge in [-0.1, -0.05) is 6.92 Å². The maximum atomic E-state index is 5.42. The minimum atomic E-state index is -1.10. The fraction of sp³-hybridized carbons (Fsp3) is 1.00. The molecule has 2 N–H and O–H groups in total. The first kappa shape index (κ1) is 6.35. The summed E-state index contributed by atoms with van der Waals surface area (Å²) in [6, 6.07) is 1.06. The average Bonchev–Trinajstić information content (AvgIpc) is 1.65. The van der Waals surface area contributed by atoms with Crippen LogP contribution in [0.2, 0.25) is 6.04 Å². The van der Waals surface area contributed by atoms with Gasteiger partial charge in [-0.25, -0.2) is 0 Å². The fourth-order valence-electron chi connectivity index (χ4n) is 0.167. The molecule has 0 radical (unpaired) electrons. The highest BCUT2D eigenvalue weighted by Gasteiger charge is 1.92. The zero-order valence-electron chi connectivity index (χ0n) is 4.27. The predicted octanol–water partition coefficient (Wildman–Crippen LogP) is -1.52. The molecule has 0 spiro atoms. The quantitative estimate of drug-likeness (QED) is 0.451. The molecule has 0 saturated carbocycles. The summed E-state index contributed by atoms with van der Waals surface area (Å²) in [5.41, 5.74) is 0. The highest BCUT2D eigenvalue weighted by molar-refractivity contribution is 6.51. The van der Waals surface area contributed by atoms with Crippen LogP contribution in [-0.4, -0.2) is 19.7 Å². The van der Waals surface area contributed by atoms with Crippen molar-refractivity contribution < 1.29 is 4.12 Å². The summed E-state index contributed by atoms with van der Waals surface area (Å²) in [4.78, 5) is 0. The second-order valence-corrected chi connectivity index (χ2v) is 4.96. The Morgan fingerprint density at radius 1 is 2.00 bits per heavy atom. The second kappa shape index (κ2) is 3.54. The molecule has 0 aliphatic heterocycles.